The van der Waals surface area contributed by atoms with Gasteiger partial charge in [-0.3, -0.25) is 4.79 Å². The number of carbonyl (C=O) groups is 2. The monoisotopic (exact) mass is 244 g/mol. The highest BCUT2D eigenvalue weighted by Gasteiger charge is 2.34. The molecule has 1 heterocycles. The van der Waals surface area contributed by atoms with Crippen LogP contribution in [0.4, 0.5) is 0 Å². The van der Waals surface area contributed by atoms with Crippen molar-refractivity contribution in [2.45, 2.75) is 31.9 Å². The fourth-order valence-corrected chi connectivity index (χ4v) is 1.46. The molecule has 1 aliphatic rings. The first-order valence-electron chi connectivity index (χ1n) is 5.12. The molecule has 0 aromatic heterocycles. The van der Waals surface area contributed by atoms with E-state index in [1.807, 2.05) is 0 Å². The molecule has 1 rings (SSSR count). The first-order chi connectivity index (χ1) is 7.85. The molecule has 1 unspecified atom stereocenters. The summed E-state index contributed by atoms with van der Waals surface area (Å²) in [6.07, 6.45) is -0.901. The molecule has 96 valence electrons. The van der Waals surface area contributed by atoms with Crippen LogP contribution >= 0.6 is 0 Å². The molecule has 1 aliphatic heterocycles. The normalized spacial score (nSPS) is 19.5. The summed E-state index contributed by atoms with van der Waals surface area (Å²) in [7, 11) is 1.53. The molecule has 0 saturated heterocycles. The number of nitrogens with zero attached hydrogens (tertiary/aromatic N) is 1. The van der Waals surface area contributed by atoms with Crippen LogP contribution in [0.15, 0.2) is 5.16 Å². The van der Waals surface area contributed by atoms with Crippen LogP contribution in [0.5, 0.6) is 0 Å². The summed E-state index contributed by atoms with van der Waals surface area (Å²) in [6, 6.07) is 0. The van der Waals surface area contributed by atoms with Crippen molar-refractivity contribution in [2.24, 2.45) is 5.16 Å². The Balaban J connectivity index is 2.49. The Morgan fingerprint density at radius 3 is 2.76 bits per heavy atom. The van der Waals surface area contributed by atoms with Crippen LogP contribution in [0.2, 0.25) is 0 Å². The molecule has 0 radical (unpaired) electrons. The number of hydrogen-bond donors (Lipinski definition) is 2. The van der Waals surface area contributed by atoms with Crippen molar-refractivity contribution in [2.75, 3.05) is 13.7 Å². The highest BCUT2D eigenvalue weighted by molar-refractivity contribution is 6.36. The molecule has 2 N–H and O–H groups in total. The maximum atomic E-state index is 11.7. The number of amides is 1. The van der Waals surface area contributed by atoms with Crippen LogP contribution in [-0.2, 0) is 19.2 Å². The van der Waals surface area contributed by atoms with Gasteiger partial charge in [-0.1, -0.05) is 5.16 Å². The zero-order chi connectivity index (χ0) is 13.1. The van der Waals surface area contributed by atoms with Gasteiger partial charge in [-0.15, -0.1) is 0 Å². The van der Waals surface area contributed by atoms with E-state index in [4.69, 9.17) is 14.7 Å². The number of carboxylic acids is 1. The summed E-state index contributed by atoms with van der Waals surface area (Å²) >= 11 is 0. The van der Waals surface area contributed by atoms with Crippen LogP contribution < -0.4 is 5.32 Å². The molecular formula is C10H16N2O5. The molecule has 7 nitrogen and oxygen atoms in total. The Morgan fingerprint density at radius 2 is 2.29 bits per heavy atom. The van der Waals surface area contributed by atoms with E-state index in [2.05, 4.69) is 10.5 Å². The van der Waals surface area contributed by atoms with E-state index in [0.717, 1.165) is 0 Å². The summed E-state index contributed by atoms with van der Waals surface area (Å²) in [6.45, 7) is 3.93. The fraction of sp³-hybridized carbons (Fsp3) is 0.700. The van der Waals surface area contributed by atoms with Crippen molar-refractivity contribution in [1.29, 1.82) is 0 Å². The van der Waals surface area contributed by atoms with Crippen LogP contribution in [0.1, 0.15) is 20.3 Å². The largest absolute Gasteiger partial charge is 0.477 e. The second-order valence-electron chi connectivity index (χ2n) is 4.45. The van der Waals surface area contributed by atoms with E-state index in [1.54, 1.807) is 13.8 Å². The standard InChI is InChI=1S/C10H16N2O5/c1-10(2,5-16-3)11-8(13)7-4-6(9(14)15)12-17-7/h7H,4-5H2,1-3H3,(H,11,13)(H,14,15). The Labute approximate surface area is 98.8 Å². The number of ether oxygens (including phenoxy) is 1. The van der Waals surface area contributed by atoms with Crippen molar-refractivity contribution in [3.8, 4) is 0 Å². The number of carboxylic acid groups (broad SMARTS) is 1. The molecule has 1 amide bonds. The number of aliphatic carboxylic acids is 1. The molecule has 0 bridgehead atoms. The molecule has 0 spiro atoms. The van der Waals surface area contributed by atoms with E-state index in [0.29, 0.717) is 6.61 Å². The maximum Gasteiger partial charge on any atom is 0.353 e. The average molecular weight is 244 g/mol. The molecule has 7 heteroatoms. The number of carbonyl (C=O) groups excluding carboxylic acids is 1. The number of rotatable bonds is 5. The molecule has 1 atom stereocenters. The van der Waals surface area contributed by atoms with Gasteiger partial charge in [0, 0.05) is 13.5 Å². The van der Waals surface area contributed by atoms with Crippen LogP contribution in [-0.4, -0.2) is 48.1 Å². The van der Waals surface area contributed by atoms with Gasteiger partial charge in [0.2, 0.25) is 6.10 Å². The van der Waals surface area contributed by atoms with Gasteiger partial charge >= 0.3 is 5.97 Å². The van der Waals surface area contributed by atoms with E-state index < -0.39 is 23.5 Å². The van der Waals surface area contributed by atoms with Gasteiger partial charge in [0.1, 0.15) is 0 Å². The quantitative estimate of drug-likeness (QED) is 0.695. The van der Waals surface area contributed by atoms with E-state index in [-0.39, 0.29) is 12.1 Å². The Hall–Kier alpha value is -1.63. The van der Waals surface area contributed by atoms with Crippen molar-refractivity contribution in [3.63, 3.8) is 0 Å². The van der Waals surface area contributed by atoms with Crippen LogP contribution in [0.25, 0.3) is 0 Å². The summed E-state index contributed by atoms with van der Waals surface area (Å²) in [5, 5.41) is 14.7. The van der Waals surface area contributed by atoms with Crippen LogP contribution in [0, 0.1) is 0 Å². The van der Waals surface area contributed by atoms with E-state index in [1.165, 1.54) is 7.11 Å². The third-order valence-corrected chi connectivity index (χ3v) is 2.17. The molecule has 17 heavy (non-hydrogen) atoms. The molecule has 0 aliphatic carbocycles. The zero-order valence-electron chi connectivity index (χ0n) is 10.0. The molecular weight excluding hydrogens is 228 g/mol. The van der Waals surface area contributed by atoms with Gasteiger partial charge in [-0.25, -0.2) is 4.79 Å². The average Bonchev–Trinajstić information content (AvgIpc) is 2.64. The first-order valence-corrected chi connectivity index (χ1v) is 5.12. The molecule has 0 aromatic rings. The molecule has 0 aromatic carbocycles. The van der Waals surface area contributed by atoms with Gasteiger partial charge in [-0.2, -0.15) is 0 Å². The van der Waals surface area contributed by atoms with E-state index >= 15 is 0 Å². The minimum Gasteiger partial charge on any atom is -0.477 e. The minimum atomic E-state index is -1.17. The topological polar surface area (TPSA) is 97.2 Å². The number of hydrogen-bond acceptors (Lipinski definition) is 5. The third-order valence-electron chi connectivity index (χ3n) is 2.17. The summed E-state index contributed by atoms with van der Waals surface area (Å²) in [5.41, 5.74) is -0.684. The number of methoxy groups -OCH3 is 1. The highest BCUT2D eigenvalue weighted by atomic mass is 16.6. The maximum absolute atomic E-state index is 11.7. The summed E-state index contributed by atoms with van der Waals surface area (Å²) in [4.78, 5) is 27.1. The lowest BCUT2D eigenvalue weighted by atomic mass is 10.1. The van der Waals surface area contributed by atoms with Gasteiger partial charge in [-0.05, 0) is 13.8 Å². The minimum absolute atomic E-state index is 0.0236. The van der Waals surface area contributed by atoms with Crippen molar-refractivity contribution >= 4 is 17.6 Å². The van der Waals surface area contributed by atoms with Crippen molar-refractivity contribution in [1.82, 2.24) is 5.32 Å². The lowest BCUT2D eigenvalue weighted by molar-refractivity contribution is -0.133. The molecule has 0 saturated carbocycles. The third kappa shape index (κ3) is 3.70. The summed E-state index contributed by atoms with van der Waals surface area (Å²) < 4.78 is 4.95. The highest BCUT2D eigenvalue weighted by Crippen LogP contribution is 2.12. The van der Waals surface area contributed by atoms with Gasteiger partial charge in [0.25, 0.3) is 5.91 Å². The predicted octanol–water partition coefficient (Wildman–Crippen LogP) is -0.243. The van der Waals surface area contributed by atoms with E-state index in [9.17, 15) is 9.59 Å². The van der Waals surface area contributed by atoms with Crippen LogP contribution in [0.3, 0.4) is 0 Å². The smallest absolute Gasteiger partial charge is 0.353 e. The second kappa shape index (κ2) is 5.13. The van der Waals surface area contributed by atoms with Gasteiger partial charge in [0.15, 0.2) is 5.71 Å². The SMILES string of the molecule is COCC(C)(C)NC(=O)C1CC(C(=O)O)=NO1. The second-order valence-corrected chi connectivity index (χ2v) is 4.45. The number of nitrogens with one attached hydrogen (secondary N) is 1. The van der Waals surface area contributed by atoms with Crippen molar-refractivity contribution in [3.05, 3.63) is 0 Å². The Morgan fingerprint density at radius 1 is 1.65 bits per heavy atom. The fourth-order valence-electron chi connectivity index (χ4n) is 1.46. The number of oxime groups is 1. The van der Waals surface area contributed by atoms with Crippen molar-refractivity contribution < 1.29 is 24.3 Å². The zero-order valence-corrected chi connectivity index (χ0v) is 10.0. The first kappa shape index (κ1) is 13.4. The van der Waals surface area contributed by atoms with Gasteiger partial charge < -0.3 is 20.0 Å². The Kier molecular flexibility index (Phi) is 4.06. The lowest BCUT2D eigenvalue weighted by Crippen LogP contribution is -2.50. The molecule has 0 fully saturated rings. The summed E-state index contributed by atoms with van der Waals surface area (Å²) in [5.74, 6) is -1.57. The Bertz CT molecular complexity index is 351. The lowest BCUT2D eigenvalue weighted by Gasteiger charge is -2.26. The predicted molar refractivity (Wildman–Crippen MR) is 58.7 cm³/mol. The van der Waals surface area contributed by atoms with Gasteiger partial charge in [0.05, 0.1) is 12.1 Å².